The Morgan fingerprint density at radius 1 is 1.42 bits per heavy atom. The Labute approximate surface area is 75.3 Å². The molecule has 2 nitrogen and oxygen atoms in total. The molecular weight excluding hydrogens is 152 g/mol. The van der Waals surface area contributed by atoms with Gasteiger partial charge in [-0.1, -0.05) is 32.6 Å². The molecule has 1 rings (SSSR count). The van der Waals surface area contributed by atoms with E-state index in [1.54, 1.807) is 6.92 Å². The van der Waals surface area contributed by atoms with Crippen LogP contribution in [-0.2, 0) is 9.53 Å². The highest BCUT2D eigenvalue weighted by Crippen LogP contribution is 2.22. The zero-order valence-corrected chi connectivity index (χ0v) is 8.43. The summed E-state index contributed by atoms with van der Waals surface area (Å²) in [5.41, 5.74) is 0. The van der Waals surface area contributed by atoms with E-state index in [2.05, 4.69) is 11.7 Å². The Bertz CT molecular complexity index is 115. The summed E-state index contributed by atoms with van der Waals surface area (Å²) in [7, 11) is 0. The predicted molar refractivity (Wildman–Crippen MR) is 49.9 cm³/mol. The van der Waals surface area contributed by atoms with E-state index in [0.717, 1.165) is 5.92 Å². The van der Waals surface area contributed by atoms with Crippen molar-refractivity contribution in [2.24, 2.45) is 5.92 Å². The quantitative estimate of drug-likeness (QED) is 0.568. The highest BCUT2D eigenvalue weighted by molar-refractivity contribution is 5.65. The Balaban J connectivity index is 0.000000202. The van der Waals surface area contributed by atoms with Gasteiger partial charge in [0.15, 0.2) is 0 Å². The first-order chi connectivity index (χ1) is 5.66. The molecule has 0 amide bonds. The lowest BCUT2D eigenvalue weighted by molar-refractivity contribution is -0.140. The van der Waals surface area contributed by atoms with Crippen molar-refractivity contribution in [2.45, 2.75) is 46.5 Å². The summed E-state index contributed by atoms with van der Waals surface area (Å²) >= 11 is 0. The van der Waals surface area contributed by atoms with Crippen LogP contribution in [-0.4, -0.2) is 12.6 Å². The SMILES string of the molecule is CC1CCCC1.CCOC(C)=O. The van der Waals surface area contributed by atoms with E-state index in [1.165, 1.54) is 32.6 Å². The van der Waals surface area contributed by atoms with E-state index in [1.807, 2.05) is 0 Å². The van der Waals surface area contributed by atoms with E-state index in [0.29, 0.717) is 6.61 Å². The molecule has 0 aromatic carbocycles. The fraction of sp³-hybridized carbons (Fsp3) is 0.900. The summed E-state index contributed by atoms with van der Waals surface area (Å²) in [6.07, 6.45) is 5.95. The zero-order valence-electron chi connectivity index (χ0n) is 8.43. The summed E-state index contributed by atoms with van der Waals surface area (Å²) in [6, 6.07) is 0. The minimum absolute atomic E-state index is 0.211. The van der Waals surface area contributed by atoms with Gasteiger partial charge in [0.1, 0.15) is 0 Å². The van der Waals surface area contributed by atoms with E-state index in [9.17, 15) is 4.79 Å². The Hall–Kier alpha value is -0.530. The summed E-state index contributed by atoms with van der Waals surface area (Å²) in [4.78, 5) is 9.82. The number of carbonyl (C=O) groups is 1. The fourth-order valence-electron chi connectivity index (χ4n) is 1.33. The van der Waals surface area contributed by atoms with Crippen molar-refractivity contribution in [3.63, 3.8) is 0 Å². The molecule has 2 heteroatoms. The van der Waals surface area contributed by atoms with E-state index in [-0.39, 0.29) is 5.97 Å². The largest absolute Gasteiger partial charge is 0.466 e. The van der Waals surface area contributed by atoms with Crippen molar-refractivity contribution in [1.82, 2.24) is 0 Å². The molecule has 0 saturated heterocycles. The smallest absolute Gasteiger partial charge is 0.302 e. The standard InChI is InChI=1S/C6H12.C4H8O2/c1-6-4-2-3-5-6;1-3-6-4(2)5/h6H,2-5H2,1H3;3H2,1-2H3. The zero-order chi connectivity index (χ0) is 9.40. The molecule has 0 radical (unpaired) electrons. The highest BCUT2D eigenvalue weighted by atomic mass is 16.5. The third-order valence-corrected chi connectivity index (χ3v) is 1.99. The second-order valence-corrected chi connectivity index (χ2v) is 3.31. The number of hydrogen-bond acceptors (Lipinski definition) is 2. The van der Waals surface area contributed by atoms with Gasteiger partial charge in [-0.15, -0.1) is 0 Å². The highest BCUT2D eigenvalue weighted by Gasteiger charge is 2.07. The van der Waals surface area contributed by atoms with E-state index >= 15 is 0 Å². The molecule has 0 aromatic heterocycles. The maximum Gasteiger partial charge on any atom is 0.302 e. The molecule has 0 N–H and O–H groups in total. The second kappa shape index (κ2) is 7.14. The van der Waals surface area contributed by atoms with Gasteiger partial charge in [0.25, 0.3) is 0 Å². The summed E-state index contributed by atoms with van der Waals surface area (Å²) in [5, 5.41) is 0. The van der Waals surface area contributed by atoms with Gasteiger partial charge in [-0.05, 0) is 12.8 Å². The Morgan fingerprint density at radius 3 is 2.00 bits per heavy atom. The fourth-order valence-corrected chi connectivity index (χ4v) is 1.33. The molecule has 0 heterocycles. The molecule has 0 atom stereocenters. The van der Waals surface area contributed by atoms with E-state index in [4.69, 9.17) is 0 Å². The van der Waals surface area contributed by atoms with Crippen molar-refractivity contribution >= 4 is 5.97 Å². The van der Waals surface area contributed by atoms with Crippen LogP contribution in [0.4, 0.5) is 0 Å². The number of rotatable bonds is 1. The number of hydrogen-bond donors (Lipinski definition) is 0. The maximum absolute atomic E-state index is 9.82. The van der Waals surface area contributed by atoms with Crippen molar-refractivity contribution in [2.75, 3.05) is 6.61 Å². The number of carbonyl (C=O) groups excluding carboxylic acids is 1. The first-order valence-corrected chi connectivity index (χ1v) is 4.80. The lowest BCUT2D eigenvalue weighted by atomic mass is 10.2. The molecule has 1 aliphatic carbocycles. The van der Waals surface area contributed by atoms with Gasteiger partial charge in [0.2, 0.25) is 0 Å². The summed E-state index contributed by atoms with van der Waals surface area (Å²) in [5.74, 6) is 0.836. The molecule has 0 spiro atoms. The van der Waals surface area contributed by atoms with Crippen LogP contribution in [0.1, 0.15) is 46.5 Å². The molecule has 0 aromatic rings. The minimum atomic E-state index is -0.211. The number of ether oxygens (including phenoxy) is 1. The lowest BCUT2D eigenvalue weighted by Gasteiger charge is -1.91. The van der Waals surface area contributed by atoms with Crippen LogP contribution in [0.5, 0.6) is 0 Å². The van der Waals surface area contributed by atoms with Crippen molar-refractivity contribution < 1.29 is 9.53 Å². The molecule has 0 bridgehead atoms. The first-order valence-electron chi connectivity index (χ1n) is 4.80. The number of esters is 1. The third kappa shape index (κ3) is 7.58. The van der Waals surface area contributed by atoms with Crippen LogP contribution < -0.4 is 0 Å². The van der Waals surface area contributed by atoms with Crippen molar-refractivity contribution in [1.29, 1.82) is 0 Å². The normalized spacial score (nSPS) is 16.6. The second-order valence-electron chi connectivity index (χ2n) is 3.31. The minimum Gasteiger partial charge on any atom is -0.466 e. The molecule has 0 unspecified atom stereocenters. The van der Waals surface area contributed by atoms with Crippen LogP contribution in [0.2, 0.25) is 0 Å². The van der Waals surface area contributed by atoms with Crippen LogP contribution in [0.3, 0.4) is 0 Å². The molecule has 72 valence electrons. The van der Waals surface area contributed by atoms with Gasteiger partial charge in [-0.3, -0.25) is 4.79 Å². The van der Waals surface area contributed by atoms with Crippen LogP contribution in [0.15, 0.2) is 0 Å². The van der Waals surface area contributed by atoms with Crippen LogP contribution >= 0.6 is 0 Å². The topological polar surface area (TPSA) is 26.3 Å². The maximum atomic E-state index is 9.82. The average Bonchev–Trinajstić information content (AvgIpc) is 2.40. The van der Waals surface area contributed by atoms with Crippen LogP contribution in [0.25, 0.3) is 0 Å². The van der Waals surface area contributed by atoms with Crippen molar-refractivity contribution in [3.05, 3.63) is 0 Å². The van der Waals surface area contributed by atoms with Gasteiger partial charge < -0.3 is 4.74 Å². The molecule has 1 saturated carbocycles. The van der Waals surface area contributed by atoms with Gasteiger partial charge in [-0.2, -0.15) is 0 Å². The lowest BCUT2D eigenvalue weighted by Crippen LogP contribution is -1.95. The average molecular weight is 172 g/mol. The molecule has 0 aliphatic heterocycles. The van der Waals surface area contributed by atoms with Gasteiger partial charge in [0, 0.05) is 6.92 Å². The Morgan fingerprint density at radius 2 is 1.92 bits per heavy atom. The van der Waals surface area contributed by atoms with Gasteiger partial charge in [-0.25, -0.2) is 0 Å². The van der Waals surface area contributed by atoms with Crippen molar-refractivity contribution in [3.8, 4) is 0 Å². The van der Waals surface area contributed by atoms with E-state index < -0.39 is 0 Å². The molecular formula is C10H20O2. The van der Waals surface area contributed by atoms with Gasteiger partial charge in [0.05, 0.1) is 6.61 Å². The first kappa shape index (κ1) is 11.5. The molecule has 1 aliphatic rings. The summed E-state index contributed by atoms with van der Waals surface area (Å²) in [6.45, 7) is 5.99. The van der Waals surface area contributed by atoms with Gasteiger partial charge >= 0.3 is 5.97 Å². The third-order valence-electron chi connectivity index (χ3n) is 1.99. The predicted octanol–water partition coefficient (Wildman–Crippen LogP) is 2.77. The summed E-state index contributed by atoms with van der Waals surface area (Å²) < 4.78 is 4.40. The molecule has 12 heavy (non-hydrogen) atoms. The monoisotopic (exact) mass is 172 g/mol. The molecule has 1 fully saturated rings. The van der Waals surface area contributed by atoms with Crippen LogP contribution in [0, 0.1) is 5.92 Å². The Kier molecular flexibility index (Phi) is 6.82.